The van der Waals surface area contributed by atoms with Crippen LogP contribution in [0.1, 0.15) is 6.92 Å². The molecule has 0 saturated carbocycles. The van der Waals surface area contributed by atoms with Gasteiger partial charge in [-0.2, -0.15) is 4.57 Å². The van der Waals surface area contributed by atoms with Gasteiger partial charge in [0.25, 0.3) is 0 Å². The molecule has 0 fully saturated rings. The van der Waals surface area contributed by atoms with Crippen LogP contribution in [0.3, 0.4) is 0 Å². The van der Waals surface area contributed by atoms with E-state index in [0.29, 0.717) is 17.2 Å². The average molecular weight is 213 g/mol. The van der Waals surface area contributed by atoms with E-state index in [-0.39, 0.29) is 0 Å². The lowest BCUT2D eigenvalue weighted by Crippen LogP contribution is -2.02. The van der Waals surface area contributed by atoms with Gasteiger partial charge in [-0.1, -0.05) is 0 Å². The fraction of sp³-hybridized carbons (Fsp3) is 0.250. The van der Waals surface area contributed by atoms with E-state index in [9.17, 15) is 4.57 Å². The molecule has 1 aromatic rings. The molecular weight excluding hydrogens is 205 g/mol. The van der Waals surface area contributed by atoms with Crippen molar-refractivity contribution in [2.24, 2.45) is 0 Å². The van der Waals surface area contributed by atoms with Crippen molar-refractivity contribution in [3.63, 3.8) is 0 Å². The van der Waals surface area contributed by atoms with E-state index in [1.54, 1.807) is 6.07 Å². The quantitative estimate of drug-likeness (QED) is 0.764. The molecule has 1 aromatic carbocycles. The van der Waals surface area contributed by atoms with Gasteiger partial charge >= 0.3 is 7.82 Å². The first-order valence-electron chi connectivity index (χ1n) is 4.31. The van der Waals surface area contributed by atoms with Crippen molar-refractivity contribution in [3.05, 3.63) is 12.1 Å². The van der Waals surface area contributed by atoms with E-state index >= 15 is 0 Å². The van der Waals surface area contributed by atoms with Crippen LogP contribution in [0.5, 0.6) is 17.2 Å². The lowest BCUT2D eigenvalue weighted by molar-refractivity contribution is 0.354. The number of hydrogen-bond donors (Lipinski definition) is 1. The number of phosphoric acid groups is 1. The molecule has 0 spiro atoms. The van der Waals surface area contributed by atoms with E-state index in [1.807, 2.05) is 13.0 Å². The van der Waals surface area contributed by atoms with Crippen LogP contribution in [0.4, 0.5) is 5.69 Å². The molecule has 2 aliphatic heterocycles. The van der Waals surface area contributed by atoms with Crippen LogP contribution in [0, 0.1) is 0 Å². The first kappa shape index (κ1) is 8.00. The summed E-state index contributed by atoms with van der Waals surface area (Å²) in [7, 11) is -3.34. The number of benzene rings is 1. The molecule has 74 valence electrons. The molecule has 0 aliphatic carbocycles. The molecule has 0 amide bonds. The summed E-state index contributed by atoms with van der Waals surface area (Å²) >= 11 is 0. The molecule has 14 heavy (non-hydrogen) atoms. The third-order valence-corrected chi connectivity index (χ3v) is 3.29. The number of phosphoric ester groups is 1. The van der Waals surface area contributed by atoms with Gasteiger partial charge in [-0.05, 0) is 19.1 Å². The van der Waals surface area contributed by atoms with Gasteiger partial charge in [-0.25, -0.2) is 0 Å². The van der Waals surface area contributed by atoms with E-state index < -0.39 is 7.82 Å². The van der Waals surface area contributed by atoms with Crippen molar-refractivity contribution in [2.75, 3.05) is 11.9 Å². The Morgan fingerprint density at radius 1 is 1.29 bits per heavy atom. The second-order valence-electron chi connectivity index (χ2n) is 3.02. The summed E-state index contributed by atoms with van der Waals surface area (Å²) < 4.78 is 26.7. The maximum absolute atomic E-state index is 11.6. The van der Waals surface area contributed by atoms with E-state index in [0.717, 1.165) is 12.2 Å². The molecule has 5 nitrogen and oxygen atoms in total. The Hall–Kier alpha value is -1.35. The van der Waals surface area contributed by atoms with Crippen LogP contribution >= 0.6 is 7.82 Å². The minimum Gasteiger partial charge on any atom is -0.382 e. The average Bonchev–Trinajstić information content (AvgIpc) is 2.63. The second-order valence-corrected chi connectivity index (χ2v) is 4.46. The molecule has 0 saturated heterocycles. The summed E-state index contributed by atoms with van der Waals surface area (Å²) in [6.07, 6.45) is 0. The van der Waals surface area contributed by atoms with E-state index in [4.69, 9.17) is 13.6 Å². The molecule has 2 bridgehead atoms. The van der Waals surface area contributed by atoms with Crippen molar-refractivity contribution in [2.45, 2.75) is 6.92 Å². The van der Waals surface area contributed by atoms with Crippen LogP contribution in [0.15, 0.2) is 12.1 Å². The number of fused-ring (bicyclic) bond motifs is 1. The lowest BCUT2D eigenvalue weighted by Gasteiger charge is -2.13. The van der Waals surface area contributed by atoms with Crippen LogP contribution < -0.4 is 18.9 Å². The van der Waals surface area contributed by atoms with Gasteiger partial charge < -0.3 is 18.9 Å². The summed E-state index contributed by atoms with van der Waals surface area (Å²) in [5.41, 5.74) is 0.785. The Morgan fingerprint density at radius 2 is 2.07 bits per heavy atom. The highest BCUT2D eigenvalue weighted by Gasteiger charge is 2.50. The molecule has 2 aliphatic rings. The Balaban J connectivity index is 2.16. The van der Waals surface area contributed by atoms with Crippen LogP contribution in [0.2, 0.25) is 0 Å². The van der Waals surface area contributed by atoms with Crippen molar-refractivity contribution >= 4 is 13.5 Å². The normalized spacial score (nSPS) is 25.2. The monoisotopic (exact) mass is 213 g/mol. The molecule has 1 unspecified atom stereocenters. The minimum atomic E-state index is -3.34. The number of hydrogen-bond acceptors (Lipinski definition) is 5. The molecule has 1 N–H and O–H groups in total. The third-order valence-electron chi connectivity index (χ3n) is 2.06. The van der Waals surface area contributed by atoms with Crippen LogP contribution in [0.25, 0.3) is 0 Å². The highest BCUT2D eigenvalue weighted by Crippen LogP contribution is 2.70. The summed E-state index contributed by atoms with van der Waals surface area (Å²) in [5.74, 6) is 1.45. The van der Waals surface area contributed by atoms with Crippen molar-refractivity contribution in [1.82, 2.24) is 0 Å². The molecule has 3 rings (SSSR count). The highest BCUT2D eigenvalue weighted by molar-refractivity contribution is 7.50. The highest BCUT2D eigenvalue weighted by atomic mass is 31.2. The SMILES string of the molecule is CCNc1ccc2c3c1OP(=O)(O2)O3. The number of nitrogens with one attached hydrogen (secondary N) is 1. The summed E-state index contributed by atoms with van der Waals surface area (Å²) in [6, 6.07) is 3.54. The molecular formula is C8H8NO4P. The number of rotatable bonds is 2. The van der Waals surface area contributed by atoms with Crippen molar-refractivity contribution in [3.8, 4) is 17.2 Å². The minimum absolute atomic E-state index is 0.451. The van der Waals surface area contributed by atoms with E-state index in [1.165, 1.54) is 0 Å². The predicted molar refractivity (Wildman–Crippen MR) is 50.1 cm³/mol. The van der Waals surface area contributed by atoms with Crippen LogP contribution in [-0.4, -0.2) is 6.54 Å². The lowest BCUT2D eigenvalue weighted by atomic mass is 10.2. The smallest absolute Gasteiger partial charge is 0.382 e. The molecule has 1 atom stereocenters. The maximum atomic E-state index is 11.6. The fourth-order valence-corrected chi connectivity index (χ4v) is 2.82. The van der Waals surface area contributed by atoms with Gasteiger partial charge in [0.15, 0.2) is 5.75 Å². The van der Waals surface area contributed by atoms with Gasteiger partial charge in [0.1, 0.15) is 0 Å². The molecule has 6 heteroatoms. The zero-order valence-corrected chi connectivity index (χ0v) is 8.34. The van der Waals surface area contributed by atoms with Gasteiger partial charge in [-0.3, -0.25) is 0 Å². The zero-order valence-electron chi connectivity index (χ0n) is 7.44. The fourth-order valence-electron chi connectivity index (χ4n) is 1.52. The zero-order chi connectivity index (χ0) is 9.76. The number of anilines is 1. The molecule has 0 radical (unpaired) electrons. The Morgan fingerprint density at radius 3 is 2.79 bits per heavy atom. The Bertz CT molecular complexity index is 459. The first-order valence-corrected chi connectivity index (χ1v) is 5.77. The standard InChI is InChI=1S/C8H8NO4P/c1-2-9-5-3-4-6-8-7(5)12-14(10,11-6)13-8/h3-4,9H,2H2,1H3. The second kappa shape index (κ2) is 2.36. The largest absolute Gasteiger partial charge is 0.647 e. The Labute approximate surface area is 80.6 Å². The van der Waals surface area contributed by atoms with Gasteiger partial charge in [0.05, 0.1) is 5.69 Å². The van der Waals surface area contributed by atoms with E-state index in [2.05, 4.69) is 5.32 Å². The molecule has 2 heterocycles. The third kappa shape index (κ3) is 0.876. The predicted octanol–water partition coefficient (Wildman–Crippen LogP) is 2.39. The topological polar surface area (TPSA) is 56.8 Å². The van der Waals surface area contributed by atoms with Gasteiger partial charge in [-0.15, -0.1) is 0 Å². The van der Waals surface area contributed by atoms with Gasteiger partial charge in [0, 0.05) is 6.54 Å². The molecule has 0 aromatic heterocycles. The summed E-state index contributed by atoms with van der Waals surface area (Å²) in [6.45, 7) is 2.73. The van der Waals surface area contributed by atoms with Crippen LogP contribution in [-0.2, 0) is 4.57 Å². The maximum Gasteiger partial charge on any atom is 0.647 e. The first-order chi connectivity index (χ1) is 6.72. The summed E-state index contributed by atoms with van der Waals surface area (Å²) in [4.78, 5) is 0. The van der Waals surface area contributed by atoms with Crippen molar-refractivity contribution in [1.29, 1.82) is 0 Å². The van der Waals surface area contributed by atoms with Crippen molar-refractivity contribution < 1.29 is 18.1 Å². The van der Waals surface area contributed by atoms with Gasteiger partial charge in [0.2, 0.25) is 11.5 Å². The Kier molecular flexibility index (Phi) is 1.35. The summed E-state index contributed by atoms with van der Waals surface area (Å²) in [5, 5.41) is 3.09.